The molecule has 0 saturated carbocycles. The van der Waals surface area contributed by atoms with Gasteiger partial charge in [0.05, 0.1) is 17.0 Å². The summed E-state index contributed by atoms with van der Waals surface area (Å²) in [6, 6.07) is 16.7. The van der Waals surface area contributed by atoms with Gasteiger partial charge >= 0.3 is 16.2 Å². The zero-order valence-corrected chi connectivity index (χ0v) is 19.7. The van der Waals surface area contributed by atoms with Crippen LogP contribution in [0.25, 0.3) is 16.7 Å². The zero-order valence-electron chi connectivity index (χ0n) is 18.2. The first-order valence-corrected chi connectivity index (χ1v) is 12.2. The summed E-state index contributed by atoms with van der Waals surface area (Å²) in [7, 11) is -2.30. The van der Waals surface area contributed by atoms with E-state index < -0.39 is 16.2 Å². The topological polar surface area (TPSA) is 95.2 Å². The molecule has 0 spiro atoms. The van der Waals surface area contributed by atoms with Crippen molar-refractivity contribution >= 4 is 38.7 Å². The Balaban J connectivity index is 1.48. The molecular formula is C23H23ClN4O4S. The van der Waals surface area contributed by atoms with E-state index in [1.165, 1.54) is 0 Å². The van der Waals surface area contributed by atoms with Gasteiger partial charge in [-0.2, -0.15) is 13.5 Å². The molecule has 0 fully saturated rings. The number of amides is 1. The van der Waals surface area contributed by atoms with Gasteiger partial charge in [-0.3, -0.25) is 4.68 Å². The van der Waals surface area contributed by atoms with Gasteiger partial charge in [0.25, 0.3) is 0 Å². The maximum absolute atomic E-state index is 12.5. The van der Waals surface area contributed by atoms with Gasteiger partial charge in [-0.1, -0.05) is 41.9 Å². The molecule has 4 aromatic rings. The van der Waals surface area contributed by atoms with Gasteiger partial charge in [-0.15, -0.1) is 0 Å². The van der Waals surface area contributed by atoms with Crippen molar-refractivity contribution in [3.05, 3.63) is 82.6 Å². The van der Waals surface area contributed by atoms with Crippen LogP contribution in [-0.2, 0) is 34.3 Å². The first kappa shape index (κ1) is 22.9. The molecule has 2 heterocycles. The molecule has 0 bridgehead atoms. The van der Waals surface area contributed by atoms with Crippen molar-refractivity contribution in [3.8, 4) is 5.82 Å². The summed E-state index contributed by atoms with van der Waals surface area (Å²) in [6.45, 7) is 1.99. The Morgan fingerprint density at radius 3 is 2.67 bits per heavy atom. The van der Waals surface area contributed by atoms with Crippen molar-refractivity contribution in [1.82, 2.24) is 19.7 Å². The second kappa shape index (κ2) is 9.29. The van der Waals surface area contributed by atoms with E-state index >= 15 is 0 Å². The molecule has 33 heavy (non-hydrogen) atoms. The second-order valence-corrected chi connectivity index (χ2v) is 9.75. The van der Waals surface area contributed by atoms with Crippen molar-refractivity contribution in [2.24, 2.45) is 7.05 Å². The number of carbonyl (C=O) groups is 1. The number of carbonyl (C=O) groups excluding carboxylic acids is 1. The third kappa shape index (κ3) is 5.20. The number of fused-ring (bicyclic) bond motifs is 1. The number of hydrogen-bond acceptors (Lipinski definition) is 5. The molecule has 1 amide bonds. The Kier molecular flexibility index (Phi) is 6.44. The van der Waals surface area contributed by atoms with Crippen molar-refractivity contribution in [2.45, 2.75) is 19.9 Å². The third-order valence-electron chi connectivity index (χ3n) is 5.28. The number of halogens is 1. The number of aromatic nitrogens is 3. The van der Waals surface area contributed by atoms with Gasteiger partial charge in [-0.25, -0.2) is 4.79 Å². The third-order valence-corrected chi connectivity index (χ3v) is 6.62. The highest BCUT2D eigenvalue weighted by Crippen LogP contribution is 2.27. The number of benzene rings is 2. The predicted octanol–water partition coefficient (Wildman–Crippen LogP) is 4.12. The van der Waals surface area contributed by atoms with Crippen LogP contribution in [-0.4, -0.2) is 34.6 Å². The van der Waals surface area contributed by atoms with E-state index in [-0.39, 0.29) is 18.7 Å². The van der Waals surface area contributed by atoms with E-state index in [0.717, 1.165) is 27.8 Å². The normalized spacial score (nSPS) is 11.6. The molecule has 1 N–H and O–H groups in total. The van der Waals surface area contributed by atoms with Gasteiger partial charge in [0, 0.05) is 35.8 Å². The molecule has 0 unspecified atom stereocenters. The first-order valence-electron chi connectivity index (χ1n) is 10.3. The Labute approximate surface area is 196 Å². The van der Waals surface area contributed by atoms with E-state index in [0.29, 0.717) is 10.7 Å². The zero-order chi connectivity index (χ0) is 23.6. The Morgan fingerprint density at radius 2 is 1.91 bits per heavy atom. The van der Waals surface area contributed by atoms with Crippen LogP contribution < -0.4 is 5.32 Å². The molecule has 10 heteroatoms. The van der Waals surface area contributed by atoms with Crippen LogP contribution in [0.4, 0.5) is 4.79 Å². The predicted molar refractivity (Wildman–Crippen MR) is 127 cm³/mol. The molecule has 0 radical (unpaired) electrons. The lowest BCUT2D eigenvalue weighted by Gasteiger charge is -2.11. The summed E-state index contributed by atoms with van der Waals surface area (Å²) in [6.07, 6.45) is 1.02. The molecule has 0 atom stereocenters. The molecule has 2 aromatic carbocycles. The van der Waals surface area contributed by atoms with E-state index in [1.807, 2.05) is 66.2 Å². The van der Waals surface area contributed by atoms with Crippen molar-refractivity contribution in [2.75, 3.05) is 5.75 Å². The fourth-order valence-electron chi connectivity index (χ4n) is 3.77. The van der Waals surface area contributed by atoms with Gasteiger partial charge in [0.2, 0.25) is 0 Å². The van der Waals surface area contributed by atoms with E-state index in [9.17, 15) is 13.2 Å². The molecular weight excluding hydrogens is 464 g/mol. The minimum Gasteiger partial charge on any atom is -0.328 e. The van der Waals surface area contributed by atoms with Crippen LogP contribution in [0.3, 0.4) is 0 Å². The lowest BCUT2D eigenvalue weighted by Crippen LogP contribution is -2.28. The highest BCUT2D eigenvalue weighted by Gasteiger charge is 2.22. The standard InChI is InChI=1S/C23H23ClN4O4S/c1-16-20(11-13-33(30,31)32-23(29)25-15-17-6-4-3-5-7-17)22(27(2)26-16)28-12-10-18-14-19(24)8-9-21(18)28/h3-10,12,14H,11,13,15H2,1-2H3,(H,25,29). The number of hydrogen-bond donors (Lipinski definition) is 1. The first-order chi connectivity index (χ1) is 15.7. The fourth-order valence-corrected chi connectivity index (χ4v) is 4.77. The number of aryl methyl sites for hydroxylation is 2. The van der Waals surface area contributed by atoms with E-state index in [4.69, 9.17) is 15.8 Å². The summed E-state index contributed by atoms with van der Waals surface area (Å²) >= 11 is 6.10. The SMILES string of the molecule is Cc1nn(C)c(-n2ccc3cc(Cl)ccc32)c1CCS(=O)(=O)OC(=O)NCc1ccccc1. The van der Waals surface area contributed by atoms with E-state index in [2.05, 4.69) is 10.4 Å². The lowest BCUT2D eigenvalue weighted by molar-refractivity contribution is 0.202. The van der Waals surface area contributed by atoms with Crippen LogP contribution in [0.1, 0.15) is 16.8 Å². The molecule has 172 valence electrons. The minimum absolute atomic E-state index is 0.135. The summed E-state index contributed by atoms with van der Waals surface area (Å²) in [5.74, 6) is 0.379. The largest absolute Gasteiger partial charge is 0.423 e. The number of rotatable bonds is 7. The minimum atomic E-state index is -4.10. The Hall–Kier alpha value is -3.30. The Bertz CT molecular complexity index is 1410. The van der Waals surface area contributed by atoms with Crippen LogP contribution in [0.15, 0.2) is 60.8 Å². The summed E-state index contributed by atoms with van der Waals surface area (Å²) < 4.78 is 33.3. The molecule has 8 nitrogen and oxygen atoms in total. The van der Waals surface area contributed by atoms with Crippen LogP contribution >= 0.6 is 11.6 Å². The number of nitrogens with zero attached hydrogens (tertiary/aromatic N) is 3. The van der Waals surface area contributed by atoms with Gasteiger partial charge in [-0.05, 0) is 43.2 Å². The van der Waals surface area contributed by atoms with E-state index in [1.54, 1.807) is 17.8 Å². The summed E-state index contributed by atoms with van der Waals surface area (Å²) in [5.41, 5.74) is 3.21. The van der Waals surface area contributed by atoms with Crippen molar-refractivity contribution < 1.29 is 17.4 Å². The fraction of sp³-hybridized carbons (Fsp3) is 0.217. The monoisotopic (exact) mass is 486 g/mol. The maximum Gasteiger partial charge on any atom is 0.423 e. The van der Waals surface area contributed by atoms with Crippen molar-refractivity contribution in [1.29, 1.82) is 0 Å². The van der Waals surface area contributed by atoms with Gasteiger partial charge < -0.3 is 14.1 Å². The summed E-state index contributed by atoms with van der Waals surface area (Å²) in [4.78, 5) is 12.0. The quantitative estimate of drug-likeness (QED) is 0.396. The van der Waals surface area contributed by atoms with Crippen molar-refractivity contribution in [3.63, 3.8) is 0 Å². The second-order valence-electron chi connectivity index (χ2n) is 7.62. The van der Waals surface area contributed by atoms with Gasteiger partial charge in [0.15, 0.2) is 0 Å². The molecule has 0 aliphatic carbocycles. The highest BCUT2D eigenvalue weighted by molar-refractivity contribution is 7.87. The molecule has 0 saturated heterocycles. The number of nitrogens with one attached hydrogen (secondary N) is 1. The average Bonchev–Trinajstić information content (AvgIpc) is 3.29. The lowest BCUT2D eigenvalue weighted by atomic mass is 10.2. The maximum atomic E-state index is 12.5. The molecule has 0 aliphatic heterocycles. The van der Waals surface area contributed by atoms with Gasteiger partial charge in [0.1, 0.15) is 5.82 Å². The van der Waals surface area contributed by atoms with Crippen LogP contribution in [0, 0.1) is 6.92 Å². The Morgan fingerprint density at radius 1 is 1.15 bits per heavy atom. The van der Waals surface area contributed by atoms with Crippen LogP contribution in [0.2, 0.25) is 5.02 Å². The summed E-state index contributed by atoms with van der Waals surface area (Å²) in [5, 5.41) is 8.52. The smallest absolute Gasteiger partial charge is 0.328 e. The van der Waals surface area contributed by atoms with Crippen LogP contribution in [0.5, 0.6) is 0 Å². The molecule has 0 aliphatic rings. The molecule has 2 aromatic heterocycles. The molecule has 4 rings (SSSR count). The average molecular weight is 487 g/mol. The highest BCUT2D eigenvalue weighted by atomic mass is 35.5.